The molecule has 22 heavy (non-hydrogen) atoms. The molecule has 2 fully saturated rings. The zero-order valence-electron chi connectivity index (χ0n) is 12.8. The fourth-order valence-corrected chi connectivity index (χ4v) is 2.77. The molecule has 2 aliphatic rings. The van der Waals surface area contributed by atoms with Crippen LogP contribution in [0.2, 0.25) is 0 Å². The first-order chi connectivity index (χ1) is 10.7. The minimum atomic E-state index is -0.243. The summed E-state index contributed by atoms with van der Waals surface area (Å²) >= 11 is 0. The largest absolute Gasteiger partial charge is 0.378 e. The molecule has 120 valence electrons. The number of hydrogen-bond donors (Lipinski definition) is 1. The van der Waals surface area contributed by atoms with E-state index in [9.17, 15) is 9.18 Å². The van der Waals surface area contributed by atoms with Gasteiger partial charge in [-0.15, -0.1) is 0 Å². The highest BCUT2D eigenvalue weighted by atomic mass is 19.1. The Morgan fingerprint density at radius 2 is 2.09 bits per heavy atom. The lowest BCUT2D eigenvalue weighted by Gasteiger charge is -2.28. The van der Waals surface area contributed by atoms with Crippen LogP contribution in [0.25, 0.3) is 0 Å². The zero-order valence-corrected chi connectivity index (χ0v) is 12.8. The molecule has 0 radical (unpaired) electrons. The smallest absolute Gasteiger partial charge is 0.224 e. The predicted molar refractivity (Wildman–Crippen MR) is 81.8 cm³/mol. The van der Waals surface area contributed by atoms with E-state index >= 15 is 0 Å². The third kappa shape index (κ3) is 4.52. The second-order valence-electron chi connectivity index (χ2n) is 6.27. The zero-order chi connectivity index (χ0) is 15.4. The molecular formula is C17H23FN2O2. The van der Waals surface area contributed by atoms with Crippen molar-refractivity contribution in [2.45, 2.75) is 31.8 Å². The monoisotopic (exact) mass is 306 g/mol. The van der Waals surface area contributed by atoms with Crippen molar-refractivity contribution in [1.82, 2.24) is 10.2 Å². The quantitative estimate of drug-likeness (QED) is 0.873. The van der Waals surface area contributed by atoms with E-state index in [0.717, 1.165) is 18.7 Å². The number of hydrogen-bond acceptors (Lipinski definition) is 3. The Labute approximate surface area is 130 Å². The fraction of sp³-hybridized carbons (Fsp3) is 0.588. The van der Waals surface area contributed by atoms with Gasteiger partial charge in [-0.2, -0.15) is 0 Å². The van der Waals surface area contributed by atoms with Crippen molar-refractivity contribution >= 4 is 5.91 Å². The molecule has 1 heterocycles. The standard InChI is InChI=1S/C17H23FN2O2/c18-15-5-3-14(4-6-15)11-20(10-13-1-2-13)17(21)9-16-12-22-8-7-19-16/h3-6,13,16,19H,1-2,7-12H2. The molecular weight excluding hydrogens is 283 g/mol. The molecule has 1 saturated carbocycles. The van der Waals surface area contributed by atoms with Crippen molar-refractivity contribution in [3.8, 4) is 0 Å². The van der Waals surface area contributed by atoms with Crippen molar-refractivity contribution in [1.29, 1.82) is 0 Å². The molecule has 0 bridgehead atoms. The van der Waals surface area contributed by atoms with Gasteiger partial charge in [0.2, 0.25) is 5.91 Å². The van der Waals surface area contributed by atoms with Crippen molar-refractivity contribution in [3.05, 3.63) is 35.6 Å². The molecule has 1 atom stereocenters. The number of carbonyl (C=O) groups is 1. The van der Waals surface area contributed by atoms with Gasteiger partial charge in [0.05, 0.1) is 13.2 Å². The first-order valence-electron chi connectivity index (χ1n) is 8.04. The van der Waals surface area contributed by atoms with E-state index in [0.29, 0.717) is 32.1 Å². The SMILES string of the molecule is O=C(CC1COCCN1)N(Cc1ccc(F)cc1)CC1CC1. The van der Waals surface area contributed by atoms with Crippen LogP contribution in [0.3, 0.4) is 0 Å². The minimum Gasteiger partial charge on any atom is -0.378 e. The number of amides is 1. The normalized spacial score (nSPS) is 21.6. The highest BCUT2D eigenvalue weighted by molar-refractivity contribution is 5.77. The third-order valence-electron chi connectivity index (χ3n) is 4.23. The van der Waals surface area contributed by atoms with E-state index in [1.165, 1.54) is 25.0 Å². The summed E-state index contributed by atoms with van der Waals surface area (Å²) in [5.74, 6) is 0.548. The van der Waals surface area contributed by atoms with Gasteiger partial charge in [-0.05, 0) is 36.5 Å². The van der Waals surface area contributed by atoms with Gasteiger partial charge in [-0.25, -0.2) is 4.39 Å². The van der Waals surface area contributed by atoms with E-state index in [1.807, 2.05) is 4.90 Å². The number of rotatable bonds is 6. The molecule has 5 heteroatoms. The van der Waals surface area contributed by atoms with Crippen LogP contribution < -0.4 is 5.32 Å². The number of nitrogens with one attached hydrogen (secondary N) is 1. The summed E-state index contributed by atoms with van der Waals surface area (Å²) in [5, 5.41) is 3.32. The topological polar surface area (TPSA) is 41.6 Å². The summed E-state index contributed by atoms with van der Waals surface area (Å²) in [5.41, 5.74) is 0.975. The summed E-state index contributed by atoms with van der Waals surface area (Å²) in [7, 11) is 0. The molecule has 0 aromatic heterocycles. The van der Waals surface area contributed by atoms with Crippen molar-refractivity contribution < 1.29 is 13.9 Å². The maximum atomic E-state index is 13.0. The molecule has 4 nitrogen and oxygen atoms in total. The van der Waals surface area contributed by atoms with Crippen molar-refractivity contribution in [3.63, 3.8) is 0 Å². The van der Waals surface area contributed by atoms with Crippen LogP contribution in [0.4, 0.5) is 4.39 Å². The average Bonchev–Trinajstić information content (AvgIpc) is 3.34. The van der Waals surface area contributed by atoms with Crippen molar-refractivity contribution in [2.24, 2.45) is 5.92 Å². The summed E-state index contributed by atoms with van der Waals surface area (Å²) in [6.07, 6.45) is 2.88. The van der Waals surface area contributed by atoms with Gasteiger partial charge in [0, 0.05) is 32.1 Å². The van der Waals surface area contributed by atoms with Gasteiger partial charge >= 0.3 is 0 Å². The maximum Gasteiger partial charge on any atom is 0.224 e. The number of ether oxygens (including phenoxy) is 1. The number of halogens is 1. The number of nitrogens with zero attached hydrogens (tertiary/aromatic N) is 1. The Balaban J connectivity index is 1.60. The lowest BCUT2D eigenvalue weighted by molar-refractivity contribution is -0.133. The highest BCUT2D eigenvalue weighted by Crippen LogP contribution is 2.30. The van der Waals surface area contributed by atoms with Gasteiger partial charge in [0.1, 0.15) is 5.82 Å². The molecule has 3 rings (SSSR count). The van der Waals surface area contributed by atoms with E-state index in [-0.39, 0.29) is 17.8 Å². The predicted octanol–water partition coefficient (Wildman–Crippen LogP) is 1.94. The van der Waals surface area contributed by atoms with E-state index in [1.54, 1.807) is 12.1 Å². The van der Waals surface area contributed by atoms with Crippen LogP contribution in [0.15, 0.2) is 24.3 Å². The van der Waals surface area contributed by atoms with Crippen LogP contribution in [0.1, 0.15) is 24.8 Å². The van der Waals surface area contributed by atoms with Gasteiger partial charge in [0.25, 0.3) is 0 Å². The van der Waals surface area contributed by atoms with Crippen LogP contribution in [0, 0.1) is 11.7 Å². The average molecular weight is 306 g/mol. The summed E-state index contributed by atoms with van der Waals surface area (Å²) < 4.78 is 18.4. The van der Waals surface area contributed by atoms with Crippen LogP contribution in [-0.2, 0) is 16.1 Å². The molecule has 1 N–H and O–H groups in total. The lowest BCUT2D eigenvalue weighted by atomic mass is 10.1. The minimum absolute atomic E-state index is 0.108. The molecule has 1 saturated heterocycles. The Morgan fingerprint density at radius 1 is 1.32 bits per heavy atom. The van der Waals surface area contributed by atoms with E-state index in [2.05, 4.69) is 5.32 Å². The van der Waals surface area contributed by atoms with Gasteiger partial charge in [-0.3, -0.25) is 4.79 Å². The Hall–Kier alpha value is -1.46. The Bertz CT molecular complexity index is 496. The van der Waals surface area contributed by atoms with Crippen LogP contribution in [-0.4, -0.2) is 43.2 Å². The Kier molecular flexibility index (Phi) is 5.05. The molecule has 1 amide bonds. The maximum absolute atomic E-state index is 13.0. The summed E-state index contributed by atoms with van der Waals surface area (Å²) in [6.45, 7) is 3.48. The number of morpholine rings is 1. The van der Waals surface area contributed by atoms with Gasteiger partial charge < -0.3 is 15.0 Å². The first-order valence-corrected chi connectivity index (χ1v) is 8.04. The molecule has 1 unspecified atom stereocenters. The second-order valence-corrected chi connectivity index (χ2v) is 6.27. The van der Waals surface area contributed by atoms with Crippen molar-refractivity contribution in [2.75, 3.05) is 26.3 Å². The molecule has 1 aromatic carbocycles. The second kappa shape index (κ2) is 7.20. The molecule has 1 aliphatic heterocycles. The van der Waals surface area contributed by atoms with Crippen LogP contribution in [0.5, 0.6) is 0 Å². The first kappa shape index (κ1) is 15.4. The van der Waals surface area contributed by atoms with E-state index in [4.69, 9.17) is 4.74 Å². The molecule has 0 spiro atoms. The van der Waals surface area contributed by atoms with Gasteiger partial charge in [-0.1, -0.05) is 12.1 Å². The number of benzene rings is 1. The van der Waals surface area contributed by atoms with Gasteiger partial charge in [0.15, 0.2) is 0 Å². The Morgan fingerprint density at radius 3 is 2.73 bits per heavy atom. The fourth-order valence-electron chi connectivity index (χ4n) is 2.77. The van der Waals surface area contributed by atoms with Crippen LogP contribution >= 0.6 is 0 Å². The highest BCUT2D eigenvalue weighted by Gasteiger charge is 2.28. The molecule has 1 aliphatic carbocycles. The van der Waals surface area contributed by atoms with E-state index < -0.39 is 0 Å². The molecule has 1 aromatic rings. The number of carbonyl (C=O) groups excluding carboxylic acids is 1. The summed E-state index contributed by atoms with van der Waals surface area (Å²) in [4.78, 5) is 14.5. The lowest BCUT2D eigenvalue weighted by Crippen LogP contribution is -2.45. The third-order valence-corrected chi connectivity index (χ3v) is 4.23. The summed E-state index contributed by atoms with van der Waals surface area (Å²) in [6, 6.07) is 6.52.